The van der Waals surface area contributed by atoms with Crippen LogP contribution in [0.15, 0.2) is 70.4 Å². The van der Waals surface area contributed by atoms with Gasteiger partial charge in [-0.3, -0.25) is 9.36 Å². The molecule has 0 aliphatic heterocycles. The number of fused-ring (bicyclic) bond motifs is 5. The second-order valence-electron chi connectivity index (χ2n) is 7.40. The minimum atomic E-state index is -0.299. The molecule has 1 aliphatic rings. The van der Waals surface area contributed by atoms with Crippen LogP contribution in [0, 0.1) is 0 Å². The van der Waals surface area contributed by atoms with Gasteiger partial charge in [0.05, 0.1) is 0 Å². The minimum absolute atomic E-state index is 0.275. The van der Waals surface area contributed by atoms with Crippen LogP contribution in [0.2, 0.25) is 0 Å². The van der Waals surface area contributed by atoms with Gasteiger partial charge in [0.15, 0.2) is 0 Å². The summed E-state index contributed by atoms with van der Waals surface area (Å²) in [6.45, 7) is 0. The summed E-state index contributed by atoms with van der Waals surface area (Å²) in [5, 5.41) is 5.64. The number of hydrogen-bond donors (Lipinski definition) is 0. The van der Waals surface area contributed by atoms with E-state index in [2.05, 4.69) is 48.5 Å². The van der Waals surface area contributed by atoms with E-state index < -0.39 is 0 Å². The molecule has 4 nitrogen and oxygen atoms in total. The van der Waals surface area contributed by atoms with Gasteiger partial charge in [0.2, 0.25) is 0 Å². The Morgan fingerprint density at radius 1 is 0.750 bits per heavy atom. The van der Waals surface area contributed by atoms with E-state index in [4.69, 9.17) is 0 Å². The van der Waals surface area contributed by atoms with Gasteiger partial charge in [0.25, 0.3) is 5.56 Å². The van der Waals surface area contributed by atoms with Crippen molar-refractivity contribution in [3.63, 3.8) is 0 Å². The number of aromatic nitrogens is 2. The molecule has 0 atom stereocenters. The van der Waals surface area contributed by atoms with Gasteiger partial charge in [-0.25, -0.2) is 4.79 Å². The summed E-state index contributed by atoms with van der Waals surface area (Å²) >= 11 is 0. The van der Waals surface area contributed by atoms with Crippen LogP contribution in [0.1, 0.15) is 24.0 Å². The van der Waals surface area contributed by atoms with Crippen molar-refractivity contribution in [2.24, 2.45) is 14.1 Å². The topological polar surface area (TPSA) is 44.0 Å². The summed E-state index contributed by atoms with van der Waals surface area (Å²) in [4.78, 5) is 21.7. The van der Waals surface area contributed by atoms with Crippen molar-refractivity contribution in [1.82, 2.24) is 9.13 Å². The molecule has 0 unspecified atom stereocenters. The maximum absolute atomic E-state index is 10.9. The van der Waals surface area contributed by atoms with Gasteiger partial charge in [0.1, 0.15) is 0 Å². The third-order valence-corrected chi connectivity index (χ3v) is 5.62. The molecule has 0 N–H and O–H groups in total. The summed E-state index contributed by atoms with van der Waals surface area (Å²) < 4.78 is 2.40. The lowest BCUT2D eigenvalue weighted by atomic mass is 9.86. The molecule has 1 aliphatic carbocycles. The van der Waals surface area contributed by atoms with Crippen LogP contribution in [-0.2, 0) is 26.9 Å². The number of hydrogen-bond acceptors (Lipinski definition) is 2. The number of aryl methyl sites for hydroxylation is 3. The van der Waals surface area contributed by atoms with Gasteiger partial charge in [-0.2, -0.15) is 0 Å². The highest BCUT2D eigenvalue weighted by Gasteiger charge is 2.13. The van der Waals surface area contributed by atoms with Crippen molar-refractivity contribution < 1.29 is 0 Å². The Balaban J connectivity index is 0.000000165. The summed E-state index contributed by atoms with van der Waals surface area (Å²) in [5.41, 5.74) is 2.60. The van der Waals surface area contributed by atoms with Crippen molar-refractivity contribution >= 4 is 21.5 Å². The van der Waals surface area contributed by atoms with Crippen LogP contribution >= 0.6 is 0 Å². The fraction of sp³-hybridized carbons (Fsp3) is 0.250. The van der Waals surface area contributed by atoms with Crippen LogP contribution in [0.4, 0.5) is 0 Å². The molecule has 4 heteroatoms. The van der Waals surface area contributed by atoms with E-state index in [1.165, 1.54) is 71.1 Å². The molecule has 1 aromatic heterocycles. The van der Waals surface area contributed by atoms with Gasteiger partial charge in [-0.1, -0.05) is 48.5 Å². The predicted octanol–water partition coefficient (Wildman–Crippen LogP) is 3.96. The van der Waals surface area contributed by atoms with Crippen molar-refractivity contribution in [2.75, 3.05) is 0 Å². The van der Waals surface area contributed by atoms with E-state index in [1.54, 1.807) is 18.2 Å². The van der Waals surface area contributed by atoms with Crippen LogP contribution in [-0.4, -0.2) is 9.13 Å². The lowest BCUT2D eigenvalue weighted by molar-refractivity contribution is 0.686. The number of nitrogens with zero attached hydrogens (tertiary/aromatic N) is 2. The smallest absolute Gasteiger partial charge is 0.303 e. The zero-order chi connectivity index (χ0) is 19.7. The highest BCUT2D eigenvalue weighted by Crippen LogP contribution is 2.33. The highest BCUT2D eigenvalue weighted by atomic mass is 16.2. The molecule has 0 bridgehead atoms. The fourth-order valence-electron chi connectivity index (χ4n) is 4.02. The van der Waals surface area contributed by atoms with E-state index in [9.17, 15) is 9.59 Å². The summed E-state index contributed by atoms with van der Waals surface area (Å²) in [5.74, 6) is 0. The van der Waals surface area contributed by atoms with Crippen LogP contribution in [0.25, 0.3) is 21.5 Å². The first-order valence-electron chi connectivity index (χ1n) is 9.71. The summed E-state index contributed by atoms with van der Waals surface area (Å²) in [6.07, 6.45) is 6.67. The lowest BCUT2D eigenvalue weighted by Crippen LogP contribution is -2.35. The molecule has 5 rings (SSSR count). The van der Waals surface area contributed by atoms with Crippen LogP contribution in [0.5, 0.6) is 0 Å². The third-order valence-electron chi connectivity index (χ3n) is 5.62. The average molecular weight is 372 g/mol. The van der Waals surface area contributed by atoms with E-state index in [-0.39, 0.29) is 11.2 Å². The van der Waals surface area contributed by atoms with E-state index >= 15 is 0 Å². The molecule has 0 amide bonds. The Labute approximate surface area is 163 Å². The second-order valence-corrected chi connectivity index (χ2v) is 7.40. The van der Waals surface area contributed by atoms with Crippen molar-refractivity contribution in [1.29, 1.82) is 0 Å². The summed E-state index contributed by atoms with van der Waals surface area (Å²) in [6, 6.07) is 19.3. The predicted molar refractivity (Wildman–Crippen MR) is 115 cm³/mol. The Morgan fingerprint density at radius 3 is 2.32 bits per heavy atom. The monoisotopic (exact) mass is 372 g/mol. The summed E-state index contributed by atoms with van der Waals surface area (Å²) in [7, 11) is 3.05. The van der Waals surface area contributed by atoms with Crippen LogP contribution in [0.3, 0.4) is 0 Å². The van der Waals surface area contributed by atoms with E-state index in [1.807, 2.05) is 0 Å². The first-order chi connectivity index (χ1) is 13.6. The first-order valence-corrected chi connectivity index (χ1v) is 9.71. The molecule has 4 aromatic rings. The molecule has 0 fully saturated rings. The highest BCUT2D eigenvalue weighted by molar-refractivity contribution is 6.08. The second kappa shape index (κ2) is 7.47. The minimum Gasteiger partial charge on any atom is -0.303 e. The van der Waals surface area contributed by atoms with Gasteiger partial charge >= 0.3 is 5.69 Å². The zero-order valence-electron chi connectivity index (χ0n) is 16.3. The Morgan fingerprint density at radius 2 is 1.50 bits per heavy atom. The molecular weight excluding hydrogens is 348 g/mol. The van der Waals surface area contributed by atoms with Gasteiger partial charge in [-0.15, -0.1) is 0 Å². The number of benzene rings is 3. The van der Waals surface area contributed by atoms with E-state index in [0.29, 0.717) is 0 Å². The standard InChI is InChI=1S/C18H16.C6H8N2O2/c1-3-7-15-13(5-1)9-11-18-16-8-4-2-6-14(16)10-12-17(15)18;1-7-4-3-5(9)8(2)6(7)10/h1,3,5,7,9-12H,2,4,6,8H2;3-4H,1-2H3. The lowest BCUT2D eigenvalue weighted by Gasteiger charge is -2.18. The van der Waals surface area contributed by atoms with Crippen molar-refractivity contribution in [2.45, 2.75) is 25.7 Å². The molecule has 0 radical (unpaired) electrons. The Kier molecular flexibility index (Phi) is 4.86. The van der Waals surface area contributed by atoms with Gasteiger partial charge in [-0.05, 0) is 58.4 Å². The van der Waals surface area contributed by atoms with Gasteiger partial charge < -0.3 is 4.57 Å². The molecule has 3 aromatic carbocycles. The number of rotatable bonds is 0. The first kappa shape index (κ1) is 18.2. The van der Waals surface area contributed by atoms with Crippen LogP contribution < -0.4 is 11.2 Å². The molecule has 142 valence electrons. The maximum Gasteiger partial charge on any atom is 0.330 e. The third kappa shape index (κ3) is 3.26. The molecule has 0 saturated heterocycles. The Bertz CT molecular complexity index is 1280. The normalized spacial score (nSPS) is 13.1. The average Bonchev–Trinajstić information content (AvgIpc) is 2.75. The maximum atomic E-state index is 10.9. The molecular formula is C24H24N2O2. The Hall–Kier alpha value is -3.14. The van der Waals surface area contributed by atoms with E-state index in [0.717, 1.165) is 4.57 Å². The van der Waals surface area contributed by atoms with Crippen molar-refractivity contribution in [3.05, 3.63) is 92.8 Å². The SMILES string of the molecule is Cn1ccc(=O)n(C)c1=O.c1ccc2c(c1)ccc1c3c(ccc12)CCCC3. The quantitative estimate of drug-likeness (QED) is 0.439. The molecule has 0 spiro atoms. The largest absolute Gasteiger partial charge is 0.330 e. The molecule has 1 heterocycles. The molecule has 28 heavy (non-hydrogen) atoms. The molecule has 0 saturated carbocycles. The fourth-order valence-corrected chi connectivity index (χ4v) is 4.02. The van der Waals surface area contributed by atoms with Crippen molar-refractivity contribution in [3.8, 4) is 0 Å². The van der Waals surface area contributed by atoms with Gasteiger partial charge in [0, 0.05) is 26.4 Å². The zero-order valence-corrected chi connectivity index (χ0v) is 16.3.